The maximum absolute atomic E-state index is 12.8. The van der Waals surface area contributed by atoms with Crippen molar-refractivity contribution in [1.29, 1.82) is 0 Å². The highest BCUT2D eigenvalue weighted by atomic mass is 16.5. The summed E-state index contributed by atoms with van der Waals surface area (Å²) in [5.41, 5.74) is 2.38. The van der Waals surface area contributed by atoms with E-state index in [1.165, 1.54) is 13.1 Å². The molecule has 7 heteroatoms. The molecule has 7 nitrogen and oxygen atoms in total. The zero-order chi connectivity index (χ0) is 19.8. The Morgan fingerprint density at radius 3 is 2.46 bits per heavy atom. The van der Waals surface area contributed by atoms with E-state index in [1.54, 1.807) is 18.2 Å². The Balaban J connectivity index is 1.62. The predicted octanol–water partition coefficient (Wildman–Crippen LogP) is 1.21. The van der Waals surface area contributed by atoms with E-state index in [1.807, 2.05) is 19.1 Å². The molecule has 4 rings (SSSR count). The van der Waals surface area contributed by atoms with Crippen LogP contribution >= 0.6 is 0 Å². The van der Waals surface area contributed by atoms with E-state index in [-0.39, 0.29) is 23.3 Å². The van der Waals surface area contributed by atoms with Crippen LogP contribution in [0.5, 0.6) is 0 Å². The summed E-state index contributed by atoms with van der Waals surface area (Å²) in [5, 5.41) is 16.3. The molecule has 1 aromatic heterocycles. The van der Waals surface area contributed by atoms with E-state index in [0.717, 1.165) is 5.56 Å². The average molecular weight is 381 g/mol. The summed E-state index contributed by atoms with van der Waals surface area (Å²) in [6, 6.07) is 10.5. The summed E-state index contributed by atoms with van der Waals surface area (Å²) in [7, 11) is 1.50. The molecule has 2 aromatic rings. The van der Waals surface area contributed by atoms with Crippen LogP contribution in [0.2, 0.25) is 0 Å². The van der Waals surface area contributed by atoms with Crippen LogP contribution < -0.4 is 10.6 Å². The molecule has 28 heavy (non-hydrogen) atoms. The van der Waals surface area contributed by atoms with Gasteiger partial charge < -0.3 is 20.5 Å². The molecule has 146 valence electrons. The lowest BCUT2D eigenvalue weighted by molar-refractivity contribution is 0.0928. The average Bonchev–Trinajstić information content (AvgIpc) is 3.13. The molecule has 1 saturated carbocycles. The van der Waals surface area contributed by atoms with Crippen LogP contribution in [0.25, 0.3) is 0 Å². The number of amides is 2. The zero-order valence-corrected chi connectivity index (χ0v) is 15.8. The van der Waals surface area contributed by atoms with Gasteiger partial charge in [0.25, 0.3) is 11.8 Å². The molecule has 2 aliphatic rings. The molecule has 1 saturated heterocycles. The second-order valence-corrected chi connectivity index (χ2v) is 7.42. The number of aliphatic hydroxyl groups is 1. The number of benzene rings is 1. The van der Waals surface area contributed by atoms with Gasteiger partial charge in [0.2, 0.25) is 0 Å². The number of nitrogens with zero attached hydrogens (tertiary/aromatic N) is 1. The Bertz CT molecular complexity index is 902. The number of fused-ring (bicyclic) bond motifs is 1. The molecule has 2 fully saturated rings. The normalized spacial score (nSPS) is 23.6. The third-order valence-electron chi connectivity index (χ3n) is 5.49. The fourth-order valence-corrected chi connectivity index (χ4v) is 3.68. The van der Waals surface area contributed by atoms with Crippen LogP contribution in [0, 0.1) is 18.8 Å². The number of ether oxygens (including phenoxy) is 1. The predicted molar refractivity (Wildman–Crippen MR) is 102 cm³/mol. The highest BCUT2D eigenvalue weighted by Gasteiger charge is 2.54. The number of carbonyl (C=O) groups is 2. The van der Waals surface area contributed by atoms with Gasteiger partial charge in [-0.2, -0.15) is 0 Å². The van der Waals surface area contributed by atoms with Gasteiger partial charge in [0.05, 0.1) is 18.9 Å². The summed E-state index contributed by atoms with van der Waals surface area (Å²) in [6.07, 6.45) is -1.04. The molecule has 1 aliphatic heterocycles. The van der Waals surface area contributed by atoms with E-state index >= 15 is 0 Å². The number of hydrogen-bond donors (Lipinski definition) is 3. The number of aromatic nitrogens is 1. The maximum Gasteiger partial charge on any atom is 0.269 e. The lowest BCUT2D eigenvalue weighted by atomic mass is 10.0. The highest BCUT2D eigenvalue weighted by molar-refractivity contribution is 5.99. The molecule has 4 atom stereocenters. The number of hydrogen-bond acceptors (Lipinski definition) is 5. The van der Waals surface area contributed by atoms with Gasteiger partial charge in [0.1, 0.15) is 11.8 Å². The lowest BCUT2D eigenvalue weighted by Gasteiger charge is -2.14. The van der Waals surface area contributed by atoms with Gasteiger partial charge in [-0.15, -0.1) is 0 Å². The van der Waals surface area contributed by atoms with Gasteiger partial charge in [-0.1, -0.05) is 29.8 Å². The smallest absolute Gasteiger partial charge is 0.269 e. The van der Waals surface area contributed by atoms with Crippen molar-refractivity contribution in [1.82, 2.24) is 15.6 Å². The standard InChI is InChI=1S/C21H23N3O4/c1-11-3-5-12(6-4-11)19(25)16-7-13(8-17(23-16)21(27)22-2)20(26)24-18-14-9-28-10-15(14)18/h3-8,14-15,18-19,25H,9-10H2,1-2H3,(H,22,27)(H,24,26)/t14-,15+,18+,19-/m1/s1. The van der Waals surface area contributed by atoms with Gasteiger partial charge in [-0.05, 0) is 24.6 Å². The Hall–Kier alpha value is -2.77. The Labute approximate surface area is 163 Å². The van der Waals surface area contributed by atoms with E-state index in [2.05, 4.69) is 15.6 Å². The van der Waals surface area contributed by atoms with E-state index in [0.29, 0.717) is 36.2 Å². The summed E-state index contributed by atoms with van der Waals surface area (Å²) in [6.45, 7) is 3.31. The van der Waals surface area contributed by atoms with Crippen molar-refractivity contribution in [3.63, 3.8) is 0 Å². The van der Waals surface area contributed by atoms with Gasteiger partial charge in [0, 0.05) is 30.5 Å². The minimum absolute atomic E-state index is 0.0932. The second-order valence-electron chi connectivity index (χ2n) is 7.42. The van der Waals surface area contributed by atoms with Gasteiger partial charge in [-0.3, -0.25) is 9.59 Å². The molecule has 1 aromatic carbocycles. The molecule has 0 spiro atoms. The van der Waals surface area contributed by atoms with Crippen molar-refractivity contribution in [3.8, 4) is 0 Å². The number of rotatable bonds is 5. The van der Waals surface area contributed by atoms with Crippen molar-refractivity contribution in [2.24, 2.45) is 11.8 Å². The van der Waals surface area contributed by atoms with E-state index in [9.17, 15) is 14.7 Å². The van der Waals surface area contributed by atoms with Crippen LogP contribution in [0.15, 0.2) is 36.4 Å². The molecular weight excluding hydrogens is 358 g/mol. The minimum atomic E-state index is -1.04. The van der Waals surface area contributed by atoms with E-state index in [4.69, 9.17) is 4.74 Å². The van der Waals surface area contributed by atoms with E-state index < -0.39 is 12.0 Å². The third kappa shape index (κ3) is 3.50. The first-order valence-corrected chi connectivity index (χ1v) is 9.35. The number of nitrogens with one attached hydrogen (secondary N) is 2. The minimum Gasteiger partial charge on any atom is -0.382 e. The topological polar surface area (TPSA) is 101 Å². The fourth-order valence-electron chi connectivity index (χ4n) is 3.68. The van der Waals surface area contributed by atoms with Crippen molar-refractivity contribution in [2.75, 3.05) is 20.3 Å². The SMILES string of the molecule is CNC(=O)c1cc(C(=O)N[C@H]2[C@@H]3COC[C@@H]32)cc([C@H](O)c2ccc(C)cc2)n1. The molecule has 1 aliphatic carbocycles. The van der Waals surface area contributed by atoms with Crippen LogP contribution in [0.4, 0.5) is 0 Å². The van der Waals surface area contributed by atoms with Crippen LogP contribution in [0.1, 0.15) is 43.8 Å². The summed E-state index contributed by atoms with van der Waals surface area (Å²) in [4.78, 5) is 29.2. The second kappa shape index (κ2) is 7.33. The molecule has 2 heterocycles. The third-order valence-corrected chi connectivity index (χ3v) is 5.49. The van der Waals surface area contributed by atoms with Crippen molar-refractivity contribution in [3.05, 3.63) is 64.5 Å². The molecule has 3 N–H and O–H groups in total. The molecule has 0 radical (unpaired) electrons. The Morgan fingerprint density at radius 1 is 1.14 bits per heavy atom. The quantitative estimate of drug-likeness (QED) is 0.723. The number of aryl methyl sites for hydroxylation is 1. The molecular formula is C21H23N3O4. The highest BCUT2D eigenvalue weighted by Crippen LogP contribution is 2.44. The summed E-state index contributed by atoms with van der Waals surface area (Å²) in [5.74, 6) is 0.0663. The summed E-state index contributed by atoms with van der Waals surface area (Å²) < 4.78 is 5.35. The number of pyridine rings is 1. The first-order valence-electron chi connectivity index (χ1n) is 9.35. The Kier molecular flexibility index (Phi) is 4.87. The van der Waals surface area contributed by atoms with Crippen molar-refractivity contribution in [2.45, 2.75) is 19.1 Å². The molecule has 0 bridgehead atoms. The monoisotopic (exact) mass is 381 g/mol. The Morgan fingerprint density at radius 2 is 1.82 bits per heavy atom. The zero-order valence-electron chi connectivity index (χ0n) is 15.8. The van der Waals surface area contributed by atoms with Crippen molar-refractivity contribution >= 4 is 11.8 Å². The van der Waals surface area contributed by atoms with Crippen LogP contribution in [-0.2, 0) is 4.74 Å². The molecule has 2 amide bonds. The van der Waals surface area contributed by atoms with Gasteiger partial charge in [-0.25, -0.2) is 4.98 Å². The fraction of sp³-hybridized carbons (Fsp3) is 0.381. The first-order chi connectivity index (χ1) is 13.5. The molecule has 0 unspecified atom stereocenters. The lowest BCUT2D eigenvalue weighted by Crippen LogP contribution is -2.31. The largest absolute Gasteiger partial charge is 0.382 e. The maximum atomic E-state index is 12.8. The van der Waals surface area contributed by atoms with Crippen molar-refractivity contribution < 1.29 is 19.4 Å². The summed E-state index contributed by atoms with van der Waals surface area (Å²) >= 11 is 0. The van der Waals surface area contributed by atoms with Gasteiger partial charge in [0.15, 0.2) is 0 Å². The first kappa shape index (κ1) is 18.6. The van der Waals surface area contributed by atoms with Crippen LogP contribution in [0.3, 0.4) is 0 Å². The van der Waals surface area contributed by atoms with Crippen LogP contribution in [-0.4, -0.2) is 48.2 Å². The number of carbonyl (C=O) groups excluding carboxylic acids is 2. The number of aliphatic hydroxyl groups excluding tert-OH is 1. The van der Waals surface area contributed by atoms with Gasteiger partial charge >= 0.3 is 0 Å².